The lowest BCUT2D eigenvalue weighted by molar-refractivity contribution is -0.275. The van der Waals surface area contributed by atoms with E-state index in [0.717, 1.165) is 12.1 Å². The number of alkyl halides is 3. The van der Waals surface area contributed by atoms with Crippen LogP contribution in [0.15, 0.2) is 47.4 Å². The Bertz CT molecular complexity index is 917. The van der Waals surface area contributed by atoms with E-state index in [0.29, 0.717) is 17.1 Å². The largest absolute Gasteiger partial charge is 0.573 e. The summed E-state index contributed by atoms with van der Waals surface area (Å²) in [5.41, 5.74) is 0.320. The van der Waals surface area contributed by atoms with Crippen molar-refractivity contribution in [2.75, 3.05) is 20.8 Å². The van der Waals surface area contributed by atoms with E-state index in [1.165, 1.54) is 44.6 Å². The smallest absolute Gasteiger partial charge is 0.493 e. The first-order valence-electron chi connectivity index (χ1n) is 7.82. The normalized spacial score (nSPS) is 13.1. The van der Waals surface area contributed by atoms with Crippen LogP contribution in [-0.2, 0) is 10.0 Å². The van der Waals surface area contributed by atoms with Crippen molar-refractivity contribution < 1.29 is 40.9 Å². The predicted octanol–water partition coefficient (Wildman–Crippen LogP) is 2.61. The summed E-state index contributed by atoms with van der Waals surface area (Å²) in [6.07, 6.45) is -6.34. The molecule has 7 nitrogen and oxygen atoms in total. The van der Waals surface area contributed by atoms with E-state index in [4.69, 9.17) is 9.47 Å². The van der Waals surface area contributed by atoms with Crippen molar-refractivity contribution in [2.45, 2.75) is 17.4 Å². The molecule has 0 saturated heterocycles. The third-order valence-corrected chi connectivity index (χ3v) is 5.09. The molecule has 1 unspecified atom stereocenters. The monoisotopic (exact) mass is 421 g/mol. The zero-order valence-corrected chi connectivity index (χ0v) is 15.7. The maximum Gasteiger partial charge on any atom is 0.573 e. The van der Waals surface area contributed by atoms with Gasteiger partial charge in [0.15, 0.2) is 11.5 Å². The molecule has 1 atom stereocenters. The Hall–Kier alpha value is -2.50. The van der Waals surface area contributed by atoms with Crippen LogP contribution in [0.5, 0.6) is 17.2 Å². The average molecular weight is 421 g/mol. The Morgan fingerprint density at radius 2 is 1.68 bits per heavy atom. The zero-order valence-electron chi connectivity index (χ0n) is 14.9. The summed E-state index contributed by atoms with van der Waals surface area (Å²) in [6.45, 7) is -0.488. The molecular weight excluding hydrogens is 403 g/mol. The van der Waals surface area contributed by atoms with Crippen molar-refractivity contribution in [3.63, 3.8) is 0 Å². The van der Waals surface area contributed by atoms with Crippen molar-refractivity contribution >= 4 is 10.0 Å². The van der Waals surface area contributed by atoms with Gasteiger partial charge in [-0.3, -0.25) is 0 Å². The molecule has 0 bridgehead atoms. The minimum atomic E-state index is -5.05. The van der Waals surface area contributed by atoms with E-state index in [-0.39, 0.29) is 0 Å². The molecule has 0 aliphatic heterocycles. The molecule has 2 rings (SSSR count). The van der Waals surface area contributed by atoms with Gasteiger partial charge in [0.05, 0.1) is 20.3 Å². The Morgan fingerprint density at radius 1 is 1.04 bits per heavy atom. The van der Waals surface area contributed by atoms with Crippen LogP contribution in [-0.4, -0.2) is 40.7 Å². The molecule has 2 N–H and O–H groups in total. The van der Waals surface area contributed by atoms with Crippen LogP contribution in [0, 0.1) is 0 Å². The summed E-state index contributed by atoms with van der Waals surface area (Å²) in [4.78, 5) is -0.702. The molecule has 0 aromatic heterocycles. The van der Waals surface area contributed by atoms with Gasteiger partial charge in [0.25, 0.3) is 0 Å². The number of rotatable bonds is 8. The zero-order chi connectivity index (χ0) is 20.9. The molecule has 0 fully saturated rings. The summed E-state index contributed by atoms with van der Waals surface area (Å²) in [5, 5.41) is 10.2. The highest BCUT2D eigenvalue weighted by atomic mass is 32.2. The number of nitrogens with one attached hydrogen (secondary N) is 1. The maximum atomic E-state index is 12.5. The van der Waals surface area contributed by atoms with Crippen molar-refractivity contribution in [2.24, 2.45) is 0 Å². The van der Waals surface area contributed by atoms with Gasteiger partial charge in [0.1, 0.15) is 10.6 Å². The van der Waals surface area contributed by atoms with Gasteiger partial charge in [-0.05, 0) is 29.8 Å². The van der Waals surface area contributed by atoms with Crippen LogP contribution in [0.4, 0.5) is 13.2 Å². The fraction of sp³-hybridized carbons (Fsp3) is 0.294. The molecule has 0 aliphatic rings. The van der Waals surface area contributed by atoms with Crippen molar-refractivity contribution in [3.8, 4) is 17.2 Å². The fourth-order valence-corrected chi connectivity index (χ4v) is 3.49. The van der Waals surface area contributed by atoms with Gasteiger partial charge >= 0.3 is 6.36 Å². The molecule has 0 saturated carbocycles. The highest BCUT2D eigenvalue weighted by Crippen LogP contribution is 2.31. The molecule has 0 spiro atoms. The van der Waals surface area contributed by atoms with Gasteiger partial charge < -0.3 is 19.3 Å². The topological polar surface area (TPSA) is 94.1 Å². The Labute approximate surface area is 159 Å². The molecule has 154 valence electrons. The quantitative estimate of drug-likeness (QED) is 0.681. The minimum absolute atomic E-state index is 0.320. The molecule has 2 aromatic carbocycles. The van der Waals surface area contributed by atoms with E-state index in [2.05, 4.69) is 9.46 Å². The third-order valence-electron chi connectivity index (χ3n) is 3.62. The summed E-state index contributed by atoms with van der Waals surface area (Å²) < 4.78 is 78.2. The number of hydrogen-bond donors (Lipinski definition) is 2. The van der Waals surface area contributed by atoms with Crippen molar-refractivity contribution in [3.05, 3.63) is 48.0 Å². The summed E-state index contributed by atoms with van der Waals surface area (Å²) >= 11 is 0. The number of methoxy groups -OCH3 is 2. The van der Waals surface area contributed by atoms with Crippen LogP contribution >= 0.6 is 0 Å². The summed E-state index contributed by atoms with van der Waals surface area (Å²) in [5.74, 6) is -0.133. The average Bonchev–Trinajstić information content (AvgIpc) is 2.64. The fourth-order valence-electron chi connectivity index (χ4n) is 2.33. The second kappa shape index (κ2) is 8.67. The van der Waals surface area contributed by atoms with E-state index >= 15 is 0 Å². The van der Waals surface area contributed by atoms with E-state index in [1.54, 1.807) is 0 Å². The predicted molar refractivity (Wildman–Crippen MR) is 92.8 cm³/mol. The number of aliphatic hydroxyl groups excluding tert-OH is 1. The third kappa shape index (κ3) is 5.50. The first kappa shape index (κ1) is 21.8. The first-order valence-corrected chi connectivity index (χ1v) is 9.30. The first-order chi connectivity index (χ1) is 13.1. The highest BCUT2D eigenvalue weighted by Gasteiger charge is 2.34. The van der Waals surface area contributed by atoms with Gasteiger partial charge in [-0.1, -0.05) is 18.2 Å². The van der Waals surface area contributed by atoms with Gasteiger partial charge in [-0.15, -0.1) is 13.2 Å². The number of sulfonamides is 1. The van der Waals surface area contributed by atoms with Gasteiger partial charge in [-0.2, -0.15) is 0 Å². The second-order valence-electron chi connectivity index (χ2n) is 5.48. The van der Waals surface area contributed by atoms with Crippen LogP contribution in [0.2, 0.25) is 0 Å². The van der Waals surface area contributed by atoms with E-state index < -0.39 is 39.7 Å². The van der Waals surface area contributed by atoms with Crippen LogP contribution < -0.4 is 18.9 Å². The SMILES string of the molecule is COc1ccc(C(O)CNS(=O)(=O)c2ccccc2OC(F)(F)F)cc1OC. The number of aliphatic hydroxyl groups is 1. The lowest BCUT2D eigenvalue weighted by atomic mass is 10.1. The van der Waals surface area contributed by atoms with Crippen LogP contribution in [0.3, 0.4) is 0 Å². The number of ether oxygens (including phenoxy) is 3. The molecule has 0 heterocycles. The summed E-state index contributed by atoms with van der Waals surface area (Å²) in [7, 11) is -1.56. The lowest BCUT2D eigenvalue weighted by Gasteiger charge is -2.16. The number of halogens is 3. The Balaban J connectivity index is 2.18. The van der Waals surface area contributed by atoms with E-state index in [1.807, 2.05) is 0 Å². The standard InChI is InChI=1S/C17H18F3NO6S/c1-25-13-8-7-11(9-15(13)26-2)12(22)10-21-28(23,24)16-6-4-3-5-14(16)27-17(18,19)20/h3-9,12,21-22H,10H2,1-2H3. The van der Waals surface area contributed by atoms with Gasteiger partial charge in [0.2, 0.25) is 10.0 Å². The molecular formula is C17H18F3NO6S. The molecule has 11 heteroatoms. The Morgan fingerprint density at radius 3 is 2.29 bits per heavy atom. The van der Waals surface area contributed by atoms with Crippen LogP contribution in [0.1, 0.15) is 11.7 Å². The van der Waals surface area contributed by atoms with Gasteiger partial charge in [-0.25, -0.2) is 13.1 Å². The number of para-hydroxylation sites is 1. The molecule has 2 aromatic rings. The Kier molecular flexibility index (Phi) is 6.75. The molecule has 0 aliphatic carbocycles. The van der Waals surface area contributed by atoms with Crippen molar-refractivity contribution in [1.29, 1.82) is 0 Å². The summed E-state index contributed by atoms with van der Waals surface area (Å²) in [6, 6.07) is 8.79. The number of hydrogen-bond acceptors (Lipinski definition) is 6. The number of benzene rings is 2. The molecule has 0 radical (unpaired) electrons. The second-order valence-corrected chi connectivity index (χ2v) is 7.21. The van der Waals surface area contributed by atoms with Crippen LogP contribution in [0.25, 0.3) is 0 Å². The van der Waals surface area contributed by atoms with E-state index in [9.17, 15) is 26.7 Å². The lowest BCUT2D eigenvalue weighted by Crippen LogP contribution is -2.29. The van der Waals surface area contributed by atoms with Crippen molar-refractivity contribution in [1.82, 2.24) is 4.72 Å². The molecule has 0 amide bonds. The van der Waals surface area contributed by atoms with Gasteiger partial charge in [0, 0.05) is 6.54 Å². The minimum Gasteiger partial charge on any atom is -0.493 e. The highest BCUT2D eigenvalue weighted by molar-refractivity contribution is 7.89. The molecule has 28 heavy (non-hydrogen) atoms. The maximum absolute atomic E-state index is 12.5.